The number of hydrogen-bond donors (Lipinski definition) is 1. The normalized spacial score (nSPS) is 19.6. The lowest BCUT2D eigenvalue weighted by molar-refractivity contribution is 0.0650. The number of rotatable bonds is 2. The van der Waals surface area contributed by atoms with Gasteiger partial charge < -0.3 is 10.2 Å². The van der Waals surface area contributed by atoms with Crippen LogP contribution in [0.3, 0.4) is 0 Å². The van der Waals surface area contributed by atoms with E-state index in [1.807, 2.05) is 27.8 Å². The van der Waals surface area contributed by atoms with E-state index in [1.54, 1.807) is 11.3 Å². The van der Waals surface area contributed by atoms with E-state index in [1.165, 1.54) is 11.3 Å². The highest BCUT2D eigenvalue weighted by atomic mass is 32.1. The van der Waals surface area contributed by atoms with Gasteiger partial charge >= 0.3 is 0 Å². The number of hydrogen-bond acceptors (Lipinski definition) is 5. The van der Waals surface area contributed by atoms with E-state index in [0.717, 1.165) is 29.5 Å². The summed E-state index contributed by atoms with van der Waals surface area (Å²) >= 11 is 3.19. The first-order valence-corrected chi connectivity index (χ1v) is 8.03. The van der Waals surface area contributed by atoms with Gasteiger partial charge in [-0.05, 0) is 18.4 Å². The molecule has 3 rings (SSSR count). The molecular weight excluding hydrogens is 278 g/mol. The molecule has 1 N–H and O–H groups in total. The van der Waals surface area contributed by atoms with Crippen LogP contribution in [0.25, 0.3) is 9.88 Å². The zero-order valence-electron chi connectivity index (χ0n) is 10.6. The largest absolute Gasteiger partial charge is 0.332 e. The van der Waals surface area contributed by atoms with Crippen molar-refractivity contribution in [2.45, 2.75) is 13.0 Å². The Labute approximate surface area is 120 Å². The number of nitrogens with zero attached hydrogens (tertiary/aromatic N) is 2. The minimum atomic E-state index is 0.0491. The molecule has 1 fully saturated rings. The Kier molecular flexibility index (Phi) is 3.63. The molecule has 0 unspecified atom stereocenters. The minimum Gasteiger partial charge on any atom is -0.332 e. The highest BCUT2D eigenvalue weighted by Gasteiger charge is 2.25. The van der Waals surface area contributed by atoms with E-state index in [0.29, 0.717) is 5.69 Å². The fourth-order valence-corrected chi connectivity index (χ4v) is 3.78. The number of amides is 1. The smallest absolute Gasteiger partial charge is 0.273 e. The van der Waals surface area contributed by atoms with Crippen LogP contribution in [-0.2, 0) is 0 Å². The first kappa shape index (κ1) is 12.8. The van der Waals surface area contributed by atoms with Crippen LogP contribution in [0.4, 0.5) is 0 Å². The molecule has 0 radical (unpaired) electrons. The second-order valence-corrected chi connectivity index (χ2v) is 6.37. The van der Waals surface area contributed by atoms with Crippen LogP contribution in [-0.4, -0.2) is 41.5 Å². The number of aromatic nitrogens is 1. The minimum absolute atomic E-state index is 0.0491. The molecule has 19 heavy (non-hydrogen) atoms. The van der Waals surface area contributed by atoms with E-state index < -0.39 is 0 Å². The molecule has 0 saturated carbocycles. The average molecular weight is 293 g/mol. The van der Waals surface area contributed by atoms with Crippen LogP contribution < -0.4 is 5.32 Å². The van der Waals surface area contributed by atoms with E-state index in [9.17, 15) is 4.79 Å². The van der Waals surface area contributed by atoms with E-state index >= 15 is 0 Å². The molecule has 2 aromatic heterocycles. The highest BCUT2D eigenvalue weighted by molar-refractivity contribution is 7.20. The Bertz CT molecular complexity index is 564. The van der Waals surface area contributed by atoms with Crippen molar-refractivity contribution in [2.75, 3.05) is 19.6 Å². The van der Waals surface area contributed by atoms with Crippen molar-refractivity contribution in [3.05, 3.63) is 28.6 Å². The van der Waals surface area contributed by atoms with Gasteiger partial charge in [0.1, 0.15) is 10.7 Å². The Morgan fingerprint density at radius 1 is 1.53 bits per heavy atom. The topological polar surface area (TPSA) is 45.2 Å². The summed E-state index contributed by atoms with van der Waals surface area (Å²) in [6, 6.07) is 4.26. The van der Waals surface area contributed by atoms with Crippen molar-refractivity contribution in [3.63, 3.8) is 0 Å². The zero-order valence-corrected chi connectivity index (χ0v) is 12.3. The molecule has 0 aromatic carbocycles. The number of carbonyl (C=O) groups is 1. The summed E-state index contributed by atoms with van der Waals surface area (Å²) in [5.41, 5.74) is 0.571. The van der Waals surface area contributed by atoms with Crippen molar-refractivity contribution >= 4 is 28.6 Å². The van der Waals surface area contributed by atoms with Crippen molar-refractivity contribution in [1.82, 2.24) is 15.2 Å². The monoisotopic (exact) mass is 293 g/mol. The van der Waals surface area contributed by atoms with Gasteiger partial charge in [-0.25, -0.2) is 4.98 Å². The SMILES string of the molecule is C[C@H]1CNCCN1C(=O)c1csc(-c2cccs2)n1. The van der Waals surface area contributed by atoms with Crippen molar-refractivity contribution < 1.29 is 4.79 Å². The molecule has 4 nitrogen and oxygen atoms in total. The lowest BCUT2D eigenvalue weighted by Gasteiger charge is -2.33. The summed E-state index contributed by atoms with van der Waals surface area (Å²) in [6.45, 7) is 4.54. The number of thiazole rings is 1. The average Bonchev–Trinajstić information content (AvgIpc) is 3.09. The lowest BCUT2D eigenvalue weighted by atomic mass is 10.2. The Morgan fingerprint density at radius 2 is 2.42 bits per heavy atom. The molecule has 1 saturated heterocycles. The zero-order chi connectivity index (χ0) is 13.2. The van der Waals surface area contributed by atoms with Crippen LogP contribution in [0.15, 0.2) is 22.9 Å². The molecule has 0 spiro atoms. The summed E-state index contributed by atoms with van der Waals surface area (Å²) in [7, 11) is 0. The molecule has 0 aliphatic carbocycles. The standard InChI is InChI=1S/C13H15N3OS2/c1-9-7-14-4-5-16(9)13(17)10-8-19-12(15-10)11-3-2-6-18-11/h2-3,6,8-9,14H,4-5,7H2,1H3/t9-/m0/s1. The van der Waals surface area contributed by atoms with Gasteiger partial charge in [0.2, 0.25) is 0 Å². The van der Waals surface area contributed by atoms with Crippen LogP contribution in [0.1, 0.15) is 17.4 Å². The summed E-state index contributed by atoms with van der Waals surface area (Å²) in [6.07, 6.45) is 0. The molecule has 1 amide bonds. The van der Waals surface area contributed by atoms with Gasteiger partial charge in [-0.1, -0.05) is 6.07 Å². The maximum atomic E-state index is 12.4. The second-order valence-electron chi connectivity index (χ2n) is 4.57. The number of carbonyl (C=O) groups excluding carboxylic acids is 1. The van der Waals surface area contributed by atoms with E-state index in [4.69, 9.17) is 0 Å². The van der Waals surface area contributed by atoms with Crippen LogP contribution >= 0.6 is 22.7 Å². The Morgan fingerprint density at radius 3 is 3.16 bits per heavy atom. The number of piperazine rings is 1. The number of thiophene rings is 1. The second kappa shape index (κ2) is 5.40. The van der Waals surface area contributed by atoms with Crippen molar-refractivity contribution in [1.29, 1.82) is 0 Å². The Balaban J connectivity index is 1.80. The van der Waals surface area contributed by atoms with Crippen LogP contribution in [0.5, 0.6) is 0 Å². The quantitative estimate of drug-likeness (QED) is 0.924. The van der Waals surface area contributed by atoms with Crippen LogP contribution in [0.2, 0.25) is 0 Å². The Hall–Kier alpha value is -1.24. The lowest BCUT2D eigenvalue weighted by Crippen LogP contribution is -2.52. The van der Waals surface area contributed by atoms with Crippen LogP contribution in [0, 0.1) is 0 Å². The molecule has 2 aromatic rings. The summed E-state index contributed by atoms with van der Waals surface area (Å²) in [5.74, 6) is 0.0491. The predicted octanol–water partition coefficient (Wildman–Crippen LogP) is 2.31. The van der Waals surface area contributed by atoms with E-state index in [-0.39, 0.29) is 11.9 Å². The highest BCUT2D eigenvalue weighted by Crippen LogP contribution is 2.28. The molecule has 100 valence electrons. The third-order valence-corrected chi connectivity index (χ3v) is 5.10. The predicted molar refractivity (Wildman–Crippen MR) is 78.8 cm³/mol. The fourth-order valence-electron chi connectivity index (χ4n) is 2.18. The summed E-state index contributed by atoms with van der Waals surface area (Å²) in [4.78, 5) is 19.9. The maximum Gasteiger partial charge on any atom is 0.273 e. The first-order valence-electron chi connectivity index (χ1n) is 6.27. The third kappa shape index (κ3) is 2.56. The summed E-state index contributed by atoms with van der Waals surface area (Å²) < 4.78 is 0. The summed E-state index contributed by atoms with van der Waals surface area (Å²) in [5, 5.41) is 8.11. The molecule has 3 heterocycles. The number of nitrogens with one attached hydrogen (secondary N) is 1. The molecular formula is C13H15N3OS2. The van der Waals surface area contributed by atoms with Crippen molar-refractivity contribution in [2.24, 2.45) is 0 Å². The molecule has 1 aliphatic rings. The van der Waals surface area contributed by atoms with Gasteiger partial charge in [-0.3, -0.25) is 4.79 Å². The third-order valence-electron chi connectivity index (χ3n) is 3.22. The van der Waals surface area contributed by atoms with Gasteiger partial charge in [0.25, 0.3) is 5.91 Å². The van der Waals surface area contributed by atoms with Gasteiger partial charge in [-0.2, -0.15) is 0 Å². The maximum absolute atomic E-state index is 12.4. The van der Waals surface area contributed by atoms with Gasteiger partial charge in [-0.15, -0.1) is 22.7 Å². The molecule has 6 heteroatoms. The molecule has 1 atom stereocenters. The molecule has 1 aliphatic heterocycles. The van der Waals surface area contributed by atoms with Gasteiger partial charge in [0.15, 0.2) is 0 Å². The fraction of sp³-hybridized carbons (Fsp3) is 0.385. The van der Waals surface area contributed by atoms with Crippen molar-refractivity contribution in [3.8, 4) is 9.88 Å². The van der Waals surface area contributed by atoms with Gasteiger partial charge in [0.05, 0.1) is 4.88 Å². The first-order chi connectivity index (χ1) is 9.25. The van der Waals surface area contributed by atoms with Gasteiger partial charge in [0, 0.05) is 31.1 Å². The van der Waals surface area contributed by atoms with E-state index in [2.05, 4.69) is 17.2 Å². The molecule has 0 bridgehead atoms.